The van der Waals surface area contributed by atoms with E-state index in [0.717, 1.165) is 23.9 Å². The summed E-state index contributed by atoms with van der Waals surface area (Å²) >= 11 is 1.79. The van der Waals surface area contributed by atoms with Crippen molar-refractivity contribution in [1.82, 2.24) is 15.1 Å². The zero-order valence-electron chi connectivity index (χ0n) is 11.7. The predicted octanol–water partition coefficient (Wildman–Crippen LogP) is 3.38. The number of hydrogen-bond donors (Lipinski definition) is 1. The van der Waals surface area contributed by atoms with Gasteiger partial charge in [0.15, 0.2) is 0 Å². The van der Waals surface area contributed by atoms with Crippen molar-refractivity contribution in [2.75, 3.05) is 6.54 Å². The molecule has 0 saturated carbocycles. The standard InChI is InChI=1S/C16H15N3OS/c1-10-12-6-8-21-14(12)5-7-19(10)16(20)13-4-2-3-11-9-17-18-15(11)13/h2-4,6,8-10H,5,7H2,1H3,(H,17,18)/t10-/m1/s1. The quantitative estimate of drug-likeness (QED) is 0.748. The van der Waals surface area contributed by atoms with Crippen LogP contribution in [0.15, 0.2) is 35.8 Å². The fourth-order valence-corrected chi connectivity index (χ4v) is 4.05. The maximum atomic E-state index is 12.9. The first-order chi connectivity index (χ1) is 10.3. The van der Waals surface area contributed by atoms with Crippen LogP contribution in [0.2, 0.25) is 0 Å². The Balaban J connectivity index is 1.74. The van der Waals surface area contributed by atoms with Crippen LogP contribution in [-0.4, -0.2) is 27.5 Å². The third-order valence-corrected chi connectivity index (χ3v) is 5.24. The lowest BCUT2D eigenvalue weighted by Crippen LogP contribution is -2.38. The number of para-hydroxylation sites is 1. The number of aromatic nitrogens is 2. The minimum Gasteiger partial charge on any atom is -0.331 e. The van der Waals surface area contributed by atoms with Crippen molar-refractivity contribution in [3.05, 3.63) is 51.8 Å². The average Bonchev–Trinajstić information content (AvgIpc) is 3.15. The molecule has 0 spiro atoms. The monoisotopic (exact) mass is 297 g/mol. The Labute approximate surface area is 126 Å². The molecule has 0 bridgehead atoms. The first kappa shape index (κ1) is 12.6. The Kier molecular flexibility index (Phi) is 2.82. The van der Waals surface area contributed by atoms with Crippen molar-refractivity contribution in [2.24, 2.45) is 0 Å². The molecule has 106 valence electrons. The Hall–Kier alpha value is -2.14. The molecule has 0 aliphatic carbocycles. The van der Waals surface area contributed by atoms with Crippen LogP contribution in [0.1, 0.15) is 33.8 Å². The van der Waals surface area contributed by atoms with Gasteiger partial charge in [0.25, 0.3) is 5.91 Å². The molecule has 4 rings (SSSR count). The summed E-state index contributed by atoms with van der Waals surface area (Å²) in [6.07, 6.45) is 2.70. The van der Waals surface area contributed by atoms with Gasteiger partial charge >= 0.3 is 0 Å². The lowest BCUT2D eigenvalue weighted by Gasteiger charge is -2.33. The highest BCUT2D eigenvalue weighted by atomic mass is 32.1. The minimum absolute atomic E-state index is 0.0780. The molecule has 4 nitrogen and oxygen atoms in total. The van der Waals surface area contributed by atoms with E-state index in [1.807, 2.05) is 23.1 Å². The number of fused-ring (bicyclic) bond motifs is 2. The van der Waals surface area contributed by atoms with E-state index in [4.69, 9.17) is 0 Å². The minimum atomic E-state index is 0.0780. The summed E-state index contributed by atoms with van der Waals surface area (Å²) in [7, 11) is 0. The molecule has 1 N–H and O–H groups in total. The van der Waals surface area contributed by atoms with E-state index in [0.29, 0.717) is 5.56 Å². The van der Waals surface area contributed by atoms with Gasteiger partial charge in [-0.15, -0.1) is 11.3 Å². The number of amides is 1. The lowest BCUT2D eigenvalue weighted by molar-refractivity contribution is 0.0681. The molecule has 5 heteroatoms. The van der Waals surface area contributed by atoms with Gasteiger partial charge in [0.05, 0.1) is 23.3 Å². The van der Waals surface area contributed by atoms with Crippen LogP contribution in [-0.2, 0) is 6.42 Å². The summed E-state index contributed by atoms with van der Waals surface area (Å²) in [5.41, 5.74) is 2.82. The summed E-state index contributed by atoms with van der Waals surface area (Å²) in [4.78, 5) is 16.3. The summed E-state index contributed by atoms with van der Waals surface area (Å²) in [5, 5.41) is 10.1. The summed E-state index contributed by atoms with van der Waals surface area (Å²) in [5.74, 6) is 0.0780. The average molecular weight is 297 g/mol. The topological polar surface area (TPSA) is 49.0 Å². The molecule has 1 aromatic carbocycles. The summed E-state index contributed by atoms with van der Waals surface area (Å²) in [6, 6.07) is 8.02. The van der Waals surface area contributed by atoms with Crippen LogP contribution in [0, 0.1) is 0 Å². The zero-order chi connectivity index (χ0) is 14.4. The summed E-state index contributed by atoms with van der Waals surface area (Å²) < 4.78 is 0. The number of hydrogen-bond acceptors (Lipinski definition) is 3. The van der Waals surface area contributed by atoms with Gasteiger partial charge in [0.2, 0.25) is 0 Å². The van der Waals surface area contributed by atoms with Crippen LogP contribution in [0.4, 0.5) is 0 Å². The van der Waals surface area contributed by atoms with Gasteiger partial charge in [-0.05, 0) is 36.4 Å². The molecule has 1 atom stereocenters. The molecule has 2 aromatic heterocycles. The van der Waals surface area contributed by atoms with Crippen molar-refractivity contribution >= 4 is 28.1 Å². The number of benzene rings is 1. The van der Waals surface area contributed by atoms with Gasteiger partial charge in [-0.1, -0.05) is 12.1 Å². The Morgan fingerprint density at radius 2 is 2.33 bits per heavy atom. The Morgan fingerprint density at radius 1 is 1.43 bits per heavy atom. The van der Waals surface area contributed by atoms with E-state index in [9.17, 15) is 4.79 Å². The molecule has 21 heavy (non-hydrogen) atoms. The molecule has 3 heterocycles. The molecule has 3 aromatic rings. The number of nitrogens with zero attached hydrogens (tertiary/aromatic N) is 2. The number of aromatic amines is 1. The number of carbonyl (C=O) groups is 1. The van der Waals surface area contributed by atoms with E-state index >= 15 is 0 Å². The number of carbonyl (C=O) groups excluding carboxylic acids is 1. The van der Waals surface area contributed by atoms with E-state index in [1.54, 1.807) is 17.5 Å². The number of rotatable bonds is 1. The van der Waals surface area contributed by atoms with Crippen LogP contribution in [0.5, 0.6) is 0 Å². The van der Waals surface area contributed by atoms with Crippen LogP contribution in [0.25, 0.3) is 10.9 Å². The Bertz CT molecular complexity index is 820. The first-order valence-corrected chi connectivity index (χ1v) is 7.93. The maximum Gasteiger partial charge on any atom is 0.256 e. The number of H-pyrrole nitrogens is 1. The molecule has 1 aliphatic heterocycles. The highest BCUT2D eigenvalue weighted by molar-refractivity contribution is 7.10. The van der Waals surface area contributed by atoms with Crippen LogP contribution in [0.3, 0.4) is 0 Å². The third-order valence-electron chi connectivity index (χ3n) is 4.25. The number of nitrogens with one attached hydrogen (secondary N) is 1. The molecule has 0 unspecified atom stereocenters. The fraction of sp³-hybridized carbons (Fsp3) is 0.250. The number of thiophene rings is 1. The molecular formula is C16H15N3OS. The second kappa shape index (κ2) is 4.70. The second-order valence-corrected chi connectivity index (χ2v) is 6.36. The van der Waals surface area contributed by atoms with E-state index in [-0.39, 0.29) is 11.9 Å². The summed E-state index contributed by atoms with van der Waals surface area (Å²) in [6.45, 7) is 2.88. The van der Waals surface area contributed by atoms with Crippen LogP contribution < -0.4 is 0 Å². The third kappa shape index (κ3) is 1.88. The van der Waals surface area contributed by atoms with Gasteiger partial charge in [-0.2, -0.15) is 5.10 Å². The van der Waals surface area contributed by atoms with Gasteiger partial charge in [-0.3, -0.25) is 9.89 Å². The van der Waals surface area contributed by atoms with Crippen molar-refractivity contribution in [1.29, 1.82) is 0 Å². The molecular weight excluding hydrogens is 282 g/mol. The van der Waals surface area contributed by atoms with Gasteiger partial charge < -0.3 is 4.90 Å². The lowest BCUT2D eigenvalue weighted by atomic mass is 10.00. The first-order valence-electron chi connectivity index (χ1n) is 7.05. The van der Waals surface area contributed by atoms with Crippen molar-refractivity contribution < 1.29 is 4.79 Å². The van der Waals surface area contributed by atoms with Crippen molar-refractivity contribution in [3.8, 4) is 0 Å². The van der Waals surface area contributed by atoms with Crippen molar-refractivity contribution in [2.45, 2.75) is 19.4 Å². The SMILES string of the molecule is C[C@@H]1c2ccsc2CCN1C(=O)c1cccc2cn[nH]c12. The van der Waals surface area contributed by atoms with Gasteiger partial charge in [-0.25, -0.2) is 0 Å². The zero-order valence-corrected chi connectivity index (χ0v) is 12.5. The largest absolute Gasteiger partial charge is 0.331 e. The molecule has 0 fully saturated rings. The Morgan fingerprint density at radius 3 is 3.24 bits per heavy atom. The molecule has 0 radical (unpaired) electrons. The normalized spacial score (nSPS) is 18.0. The van der Waals surface area contributed by atoms with Crippen molar-refractivity contribution in [3.63, 3.8) is 0 Å². The molecule has 1 amide bonds. The highest BCUT2D eigenvalue weighted by Gasteiger charge is 2.29. The maximum absolute atomic E-state index is 12.9. The molecule has 0 saturated heterocycles. The van der Waals surface area contributed by atoms with Crippen LogP contribution >= 0.6 is 11.3 Å². The van der Waals surface area contributed by atoms with E-state index < -0.39 is 0 Å². The van der Waals surface area contributed by atoms with Gasteiger partial charge in [0.1, 0.15) is 0 Å². The highest BCUT2D eigenvalue weighted by Crippen LogP contribution is 2.34. The van der Waals surface area contributed by atoms with Gasteiger partial charge in [0, 0.05) is 16.8 Å². The van der Waals surface area contributed by atoms with E-state index in [2.05, 4.69) is 28.6 Å². The predicted molar refractivity (Wildman–Crippen MR) is 83.6 cm³/mol. The fourth-order valence-electron chi connectivity index (χ4n) is 3.09. The van der Waals surface area contributed by atoms with E-state index in [1.165, 1.54) is 10.4 Å². The molecule has 1 aliphatic rings. The second-order valence-electron chi connectivity index (χ2n) is 5.36. The smallest absolute Gasteiger partial charge is 0.256 e.